The van der Waals surface area contributed by atoms with E-state index >= 15 is 0 Å². The van der Waals surface area contributed by atoms with Gasteiger partial charge in [0.1, 0.15) is 0 Å². The van der Waals surface area contributed by atoms with Gasteiger partial charge in [0.2, 0.25) is 0 Å². The quantitative estimate of drug-likeness (QED) is 0.679. The molecule has 1 rings (SSSR count). The molecule has 0 bridgehead atoms. The summed E-state index contributed by atoms with van der Waals surface area (Å²) in [6.45, 7) is 11.3. The fourth-order valence-electron chi connectivity index (χ4n) is 1.88. The highest BCUT2D eigenvalue weighted by molar-refractivity contribution is 9.10. The molecule has 0 saturated heterocycles. The van der Waals surface area contributed by atoms with Gasteiger partial charge in [0.15, 0.2) is 11.5 Å². The van der Waals surface area contributed by atoms with E-state index in [4.69, 9.17) is 9.47 Å². The molecule has 0 spiro atoms. The molecule has 0 aromatic heterocycles. The van der Waals surface area contributed by atoms with Crippen LogP contribution in [-0.4, -0.2) is 20.3 Å². The molecule has 0 atom stereocenters. The first-order chi connectivity index (χ1) is 9.87. The maximum Gasteiger partial charge on any atom is 0.175 e. The molecule has 0 heterocycles. The normalized spacial score (nSPS) is 11.5. The summed E-state index contributed by atoms with van der Waals surface area (Å²) in [5, 5.41) is 3.40. The van der Waals surface area contributed by atoms with Crippen LogP contribution >= 0.6 is 15.9 Å². The van der Waals surface area contributed by atoms with Crippen LogP contribution in [0, 0.1) is 5.41 Å². The molecule has 0 radical (unpaired) electrons. The van der Waals surface area contributed by atoms with Gasteiger partial charge in [0, 0.05) is 6.54 Å². The third-order valence-electron chi connectivity index (χ3n) is 3.14. The zero-order chi connectivity index (χ0) is 15.9. The summed E-state index contributed by atoms with van der Waals surface area (Å²) in [6, 6.07) is 4.14. The van der Waals surface area contributed by atoms with Crippen molar-refractivity contribution in [1.29, 1.82) is 0 Å². The zero-order valence-electron chi connectivity index (χ0n) is 13.9. The lowest BCUT2D eigenvalue weighted by atomic mass is 9.93. The Hall–Kier alpha value is -0.740. The summed E-state index contributed by atoms with van der Waals surface area (Å²) in [7, 11) is 1.68. The number of benzene rings is 1. The Balaban J connectivity index is 2.75. The standard InChI is InChI=1S/C17H28BrNO2/c1-6-8-19-12-13-10-14(18)16(15(11-13)20-5)21-9-7-17(2,3)4/h10-11,19H,6-9,12H2,1-5H3. The lowest BCUT2D eigenvalue weighted by Gasteiger charge is -2.20. The molecular formula is C17H28BrNO2. The van der Waals surface area contributed by atoms with Gasteiger partial charge in [0.25, 0.3) is 0 Å². The monoisotopic (exact) mass is 357 g/mol. The summed E-state index contributed by atoms with van der Waals surface area (Å²) < 4.78 is 12.3. The van der Waals surface area contributed by atoms with E-state index in [9.17, 15) is 0 Å². The van der Waals surface area contributed by atoms with Gasteiger partial charge in [-0.3, -0.25) is 0 Å². The van der Waals surface area contributed by atoms with Crippen molar-refractivity contribution in [2.45, 2.75) is 47.1 Å². The molecule has 21 heavy (non-hydrogen) atoms. The van der Waals surface area contributed by atoms with E-state index in [-0.39, 0.29) is 5.41 Å². The van der Waals surface area contributed by atoms with Crippen LogP contribution in [-0.2, 0) is 6.54 Å². The second-order valence-corrected chi connectivity index (χ2v) is 7.30. The number of methoxy groups -OCH3 is 1. The molecule has 0 amide bonds. The summed E-state index contributed by atoms with van der Waals surface area (Å²) in [6.07, 6.45) is 2.13. The summed E-state index contributed by atoms with van der Waals surface area (Å²) in [5.41, 5.74) is 1.46. The van der Waals surface area contributed by atoms with E-state index in [1.807, 2.05) is 6.07 Å². The number of nitrogens with one attached hydrogen (secondary N) is 1. The van der Waals surface area contributed by atoms with Crippen molar-refractivity contribution in [3.8, 4) is 11.5 Å². The van der Waals surface area contributed by atoms with Crippen molar-refractivity contribution >= 4 is 15.9 Å². The van der Waals surface area contributed by atoms with Crippen molar-refractivity contribution < 1.29 is 9.47 Å². The van der Waals surface area contributed by atoms with Gasteiger partial charge < -0.3 is 14.8 Å². The molecular weight excluding hydrogens is 330 g/mol. The largest absolute Gasteiger partial charge is 0.493 e. The summed E-state index contributed by atoms with van der Waals surface area (Å²) in [5.74, 6) is 1.58. The SMILES string of the molecule is CCCNCc1cc(Br)c(OCCC(C)(C)C)c(OC)c1. The molecule has 1 aromatic carbocycles. The number of hydrogen-bond acceptors (Lipinski definition) is 3. The lowest BCUT2D eigenvalue weighted by molar-refractivity contribution is 0.233. The highest BCUT2D eigenvalue weighted by atomic mass is 79.9. The first-order valence-electron chi connectivity index (χ1n) is 7.57. The van der Waals surface area contributed by atoms with Crippen LogP contribution in [0.5, 0.6) is 11.5 Å². The van der Waals surface area contributed by atoms with E-state index in [0.29, 0.717) is 6.61 Å². The van der Waals surface area contributed by atoms with Crippen LogP contribution in [0.1, 0.15) is 46.1 Å². The van der Waals surface area contributed by atoms with Gasteiger partial charge in [-0.05, 0) is 58.4 Å². The number of halogens is 1. The van der Waals surface area contributed by atoms with Crippen molar-refractivity contribution in [3.63, 3.8) is 0 Å². The Morgan fingerprint density at radius 3 is 2.52 bits per heavy atom. The van der Waals surface area contributed by atoms with Gasteiger partial charge >= 0.3 is 0 Å². The van der Waals surface area contributed by atoms with Crippen molar-refractivity contribution in [2.24, 2.45) is 5.41 Å². The minimum absolute atomic E-state index is 0.268. The lowest BCUT2D eigenvalue weighted by Crippen LogP contribution is -2.14. The van der Waals surface area contributed by atoms with Gasteiger partial charge in [-0.25, -0.2) is 0 Å². The molecule has 1 aromatic rings. The highest BCUT2D eigenvalue weighted by Gasteiger charge is 2.14. The maximum absolute atomic E-state index is 5.92. The molecule has 120 valence electrons. The topological polar surface area (TPSA) is 30.5 Å². The van der Waals surface area contributed by atoms with E-state index in [1.165, 1.54) is 5.56 Å². The molecule has 0 unspecified atom stereocenters. The Morgan fingerprint density at radius 2 is 1.95 bits per heavy atom. The third-order valence-corrected chi connectivity index (χ3v) is 3.73. The molecule has 0 aliphatic rings. The molecule has 0 aliphatic heterocycles. The highest BCUT2D eigenvalue weighted by Crippen LogP contribution is 2.37. The Kier molecular flexibility index (Phi) is 7.53. The van der Waals surface area contributed by atoms with Crippen LogP contribution in [0.25, 0.3) is 0 Å². The van der Waals surface area contributed by atoms with Gasteiger partial charge in [-0.2, -0.15) is 0 Å². The predicted molar refractivity (Wildman–Crippen MR) is 92.3 cm³/mol. The number of rotatable bonds is 8. The second-order valence-electron chi connectivity index (χ2n) is 6.44. The second kappa shape index (κ2) is 8.64. The summed E-state index contributed by atoms with van der Waals surface area (Å²) >= 11 is 3.60. The third kappa shape index (κ3) is 6.70. The van der Waals surface area contributed by atoms with Crippen molar-refractivity contribution in [3.05, 3.63) is 22.2 Å². The van der Waals surface area contributed by atoms with Gasteiger partial charge in [0.05, 0.1) is 18.2 Å². The molecule has 0 fully saturated rings. The predicted octanol–water partition coefficient (Wildman–Crippen LogP) is 4.77. The number of ether oxygens (including phenoxy) is 2. The smallest absolute Gasteiger partial charge is 0.175 e. The first-order valence-corrected chi connectivity index (χ1v) is 8.36. The van der Waals surface area contributed by atoms with Gasteiger partial charge in [-0.1, -0.05) is 27.7 Å². The minimum Gasteiger partial charge on any atom is -0.493 e. The van der Waals surface area contributed by atoms with Crippen LogP contribution in [0.4, 0.5) is 0 Å². The average Bonchev–Trinajstić information content (AvgIpc) is 2.39. The van der Waals surface area contributed by atoms with Crippen LogP contribution in [0.2, 0.25) is 0 Å². The molecule has 4 heteroatoms. The van der Waals surface area contributed by atoms with Crippen LogP contribution in [0.15, 0.2) is 16.6 Å². The fraction of sp³-hybridized carbons (Fsp3) is 0.647. The van der Waals surface area contributed by atoms with E-state index in [2.05, 4.69) is 55.0 Å². The Bertz CT molecular complexity index is 441. The zero-order valence-corrected chi connectivity index (χ0v) is 15.5. The Morgan fingerprint density at radius 1 is 1.24 bits per heavy atom. The van der Waals surface area contributed by atoms with Crippen molar-refractivity contribution in [2.75, 3.05) is 20.3 Å². The van der Waals surface area contributed by atoms with E-state index < -0.39 is 0 Å². The van der Waals surface area contributed by atoms with Gasteiger partial charge in [-0.15, -0.1) is 0 Å². The molecule has 0 saturated carbocycles. The van der Waals surface area contributed by atoms with E-state index in [0.717, 1.165) is 41.9 Å². The Labute approximate surface area is 137 Å². The maximum atomic E-state index is 5.92. The van der Waals surface area contributed by atoms with E-state index in [1.54, 1.807) is 7.11 Å². The fourth-order valence-corrected chi connectivity index (χ4v) is 2.49. The molecule has 1 N–H and O–H groups in total. The van der Waals surface area contributed by atoms with Crippen molar-refractivity contribution in [1.82, 2.24) is 5.32 Å². The molecule has 3 nitrogen and oxygen atoms in total. The molecule has 0 aliphatic carbocycles. The minimum atomic E-state index is 0.268. The number of hydrogen-bond donors (Lipinski definition) is 1. The van der Waals surface area contributed by atoms with Crippen LogP contribution < -0.4 is 14.8 Å². The van der Waals surface area contributed by atoms with Crippen LogP contribution in [0.3, 0.4) is 0 Å². The first kappa shape index (κ1) is 18.3. The average molecular weight is 358 g/mol. The summed E-state index contributed by atoms with van der Waals surface area (Å²) in [4.78, 5) is 0.